The van der Waals surface area contributed by atoms with E-state index in [1.807, 2.05) is 0 Å². The van der Waals surface area contributed by atoms with E-state index in [-0.39, 0.29) is 1.43 Å². The molecule has 0 spiro atoms. The summed E-state index contributed by atoms with van der Waals surface area (Å²) in [4.78, 5) is 14.8. The van der Waals surface area contributed by atoms with Gasteiger partial charge in [-0.3, -0.25) is 9.78 Å². The Morgan fingerprint density at radius 2 is 2.42 bits per heavy atom. The van der Waals surface area contributed by atoms with Gasteiger partial charge in [-0.25, -0.2) is 0 Å². The normalized spacial score (nSPS) is 10.3. The molecule has 2 aromatic heterocycles. The maximum Gasteiger partial charge on any atom is 1.00 e. The third kappa shape index (κ3) is 0.852. The molecule has 2 rings (SSSR count). The maximum absolute atomic E-state index is 10.9. The van der Waals surface area contributed by atoms with Crippen LogP contribution in [0.15, 0.2) is 30.7 Å². The largest absolute Gasteiger partial charge is 1.00 e. The van der Waals surface area contributed by atoms with Crippen LogP contribution in [-0.2, 0) is 0 Å². The van der Waals surface area contributed by atoms with Crippen LogP contribution >= 0.6 is 0 Å². The van der Waals surface area contributed by atoms with Gasteiger partial charge >= 0.3 is 1.43 Å². The molecule has 2 aromatic rings. The van der Waals surface area contributed by atoms with E-state index in [9.17, 15) is 4.79 Å². The molecule has 0 aliphatic carbocycles. The van der Waals surface area contributed by atoms with Crippen LogP contribution in [0.4, 0.5) is 0 Å². The first-order valence-electron chi connectivity index (χ1n) is 3.50. The van der Waals surface area contributed by atoms with E-state index in [2.05, 4.69) is 4.98 Å². The van der Waals surface area contributed by atoms with Gasteiger partial charge in [-0.15, -0.1) is 0 Å². The number of carbonyl (C=O) groups is 1. The molecule has 1 amide bonds. The average Bonchev–Trinajstić information content (AvgIpc) is 2.47. The van der Waals surface area contributed by atoms with E-state index < -0.39 is 5.91 Å². The van der Waals surface area contributed by atoms with Crippen molar-refractivity contribution in [3.05, 3.63) is 36.4 Å². The number of amides is 1. The fourth-order valence-electron chi connectivity index (χ4n) is 1.16. The molecule has 0 saturated carbocycles. The first kappa shape index (κ1) is 6.84. The molecule has 0 radical (unpaired) electrons. The van der Waals surface area contributed by atoms with Crippen LogP contribution in [0.1, 0.15) is 11.9 Å². The van der Waals surface area contributed by atoms with Crippen LogP contribution in [0.3, 0.4) is 0 Å². The van der Waals surface area contributed by atoms with Crippen LogP contribution in [0, 0.1) is 0 Å². The van der Waals surface area contributed by atoms with E-state index in [4.69, 9.17) is 5.73 Å². The zero-order valence-electron chi connectivity index (χ0n) is 7.27. The van der Waals surface area contributed by atoms with Crippen LogP contribution in [0.5, 0.6) is 0 Å². The summed E-state index contributed by atoms with van der Waals surface area (Å²) in [7, 11) is 0. The highest BCUT2D eigenvalue weighted by Gasteiger charge is 2.04. The van der Waals surface area contributed by atoms with Gasteiger partial charge in [0.25, 0.3) is 5.91 Å². The second kappa shape index (κ2) is 2.34. The Labute approximate surface area is 70.1 Å². The Bertz CT molecular complexity index is 438. The fraction of sp³-hybridized carbons (Fsp3) is 0. The van der Waals surface area contributed by atoms with Crippen molar-refractivity contribution in [2.45, 2.75) is 0 Å². The molecule has 0 aliphatic heterocycles. The molecule has 0 bridgehead atoms. The van der Waals surface area contributed by atoms with Gasteiger partial charge in [0.15, 0.2) is 0 Å². The highest BCUT2D eigenvalue weighted by atomic mass is 16.1. The molecule has 0 atom stereocenters. The third-order valence-electron chi connectivity index (χ3n) is 1.71. The summed E-state index contributed by atoms with van der Waals surface area (Å²) in [6.45, 7) is 0. The van der Waals surface area contributed by atoms with Crippen molar-refractivity contribution in [1.29, 1.82) is 0 Å². The fourth-order valence-corrected chi connectivity index (χ4v) is 1.16. The number of hydrogen-bond donors (Lipinski definition) is 1. The summed E-state index contributed by atoms with van der Waals surface area (Å²) >= 11 is 0. The Kier molecular flexibility index (Phi) is 1.33. The van der Waals surface area contributed by atoms with Crippen LogP contribution in [-0.4, -0.2) is 15.3 Å². The smallest absolute Gasteiger partial charge is 0.364 e. The van der Waals surface area contributed by atoms with Gasteiger partial charge in [-0.2, -0.15) is 0 Å². The van der Waals surface area contributed by atoms with E-state index >= 15 is 0 Å². The van der Waals surface area contributed by atoms with Crippen LogP contribution in [0.25, 0.3) is 5.52 Å². The first-order chi connectivity index (χ1) is 5.79. The monoisotopic (exact) mass is 162 g/mol. The molecule has 2 N–H and O–H groups in total. The summed E-state index contributed by atoms with van der Waals surface area (Å²) in [6.07, 6.45) is 4.99. The molecule has 0 fully saturated rings. The minimum Gasteiger partial charge on any atom is -0.364 e. The lowest BCUT2D eigenvalue weighted by Gasteiger charge is -1.95. The summed E-state index contributed by atoms with van der Waals surface area (Å²) in [5.41, 5.74) is 6.49. The van der Waals surface area contributed by atoms with Gasteiger partial charge < -0.3 is 10.1 Å². The van der Waals surface area contributed by atoms with E-state index in [1.54, 1.807) is 35.1 Å². The van der Waals surface area contributed by atoms with Gasteiger partial charge in [0.05, 0.1) is 11.7 Å². The van der Waals surface area contributed by atoms with E-state index in [1.165, 1.54) is 0 Å². The number of aromatic nitrogens is 2. The second-order valence-corrected chi connectivity index (χ2v) is 2.45. The summed E-state index contributed by atoms with van der Waals surface area (Å²) < 4.78 is 1.70. The predicted molar refractivity (Wildman–Crippen MR) is 44.8 cm³/mol. The minimum absolute atomic E-state index is 0. The zero-order valence-corrected chi connectivity index (χ0v) is 6.27. The predicted octanol–water partition coefficient (Wildman–Crippen LogP) is 0.546. The highest BCUT2D eigenvalue weighted by molar-refractivity contribution is 5.92. The van der Waals surface area contributed by atoms with E-state index in [0.717, 1.165) is 5.52 Å². The summed E-state index contributed by atoms with van der Waals surface area (Å²) in [5, 5.41) is 0. The number of fused-ring (bicyclic) bond motifs is 1. The van der Waals surface area contributed by atoms with Gasteiger partial charge in [0.1, 0.15) is 5.69 Å². The lowest BCUT2D eigenvalue weighted by atomic mass is 10.4. The van der Waals surface area contributed by atoms with Gasteiger partial charge in [0, 0.05) is 12.4 Å². The molecule has 0 saturated heterocycles. The Hall–Kier alpha value is -1.84. The quantitative estimate of drug-likeness (QED) is 0.665. The molecule has 4 heteroatoms. The number of nitrogens with two attached hydrogens (primary N) is 1. The van der Waals surface area contributed by atoms with Crippen molar-refractivity contribution >= 4 is 11.4 Å². The first-order valence-corrected chi connectivity index (χ1v) is 3.50. The molecule has 60 valence electrons. The number of hydrogen-bond acceptors (Lipinski definition) is 2. The third-order valence-corrected chi connectivity index (χ3v) is 1.71. The summed E-state index contributed by atoms with van der Waals surface area (Å²) in [5.74, 6) is -0.429. The standard InChI is InChI=1S/C8H7N3O/c9-8(12)7-2-1-6-5-10-3-4-11(6)7/h1-5H,(H2,9,12)/p+1. The SMILES string of the molecule is NC(=O)c1ccc2cnccn12.[H+]. The molecule has 0 unspecified atom stereocenters. The van der Waals surface area contributed by atoms with Crippen LogP contribution in [0.2, 0.25) is 0 Å². The van der Waals surface area contributed by atoms with Crippen molar-refractivity contribution in [1.82, 2.24) is 9.38 Å². The van der Waals surface area contributed by atoms with Crippen molar-refractivity contribution in [2.24, 2.45) is 5.73 Å². The zero-order chi connectivity index (χ0) is 8.55. The van der Waals surface area contributed by atoms with Gasteiger partial charge in [-0.1, -0.05) is 0 Å². The molecular formula is C8H8N3O+. The molecule has 2 heterocycles. The molecule has 0 aliphatic rings. The molecule has 0 aromatic carbocycles. The van der Waals surface area contributed by atoms with E-state index in [0.29, 0.717) is 5.69 Å². The van der Waals surface area contributed by atoms with Crippen molar-refractivity contribution in [2.75, 3.05) is 0 Å². The lowest BCUT2D eigenvalue weighted by Crippen LogP contribution is -2.13. The lowest BCUT2D eigenvalue weighted by molar-refractivity contribution is 0.0995. The topological polar surface area (TPSA) is 60.4 Å². The number of carbonyl (C=O) groups excluding carboxylic acids is 1. The number of nitrogens with zero attached hydrogens (tertiary/aromatic N) is 2. The number of rotatable bonds is 1. The minimum atomic E-state index is -0.429. The number of primary amides is 1. The van der Waals surface area contributed by atoms with Crippen LogP contribution < -0.4 is 5.73 Å². The molecule has 4 nitrogen and oxygen atoms in total. The van der Waals surface area contributed by atoms with Crippen molar-refractivity contribution in [3.63, 3.8) is 0 Å². The van der Waals surface area contributed by atoms with Gasteiger partial charge in [0.2, 0.25) is 0 Å². The van der Waals surface area contributed by atoms with Crippen molar-refractivity contribution in [3.8, 4) is 0 Å². The van der Waals surface area contributed by atoms with Gasteiger partial charge in [-0.05, 0) is 12.1 Å². The van der Waals surface area contributed by atoms with Crippen molar-refractivity contribution < 1.29 is 6.22 Å². The Balaban J connectivity index is 0.000000845. The average molecular weight is 162 g/mol. The highest BCUT2D eigenvalue weighted by Crippen LogP contribution is 2.06. The Morgan fingerprint density at radius 3 is 3.17 bits per heavy atom. The second-order valence-electron chi connectivity index (χ2n) is 2.45. The Morgan fingerprint density at radius 1 is 1.58 bits per heavy atom. The molecule has 12 heavy (non-hydrogen) atoms. The summed E-state index contributed by atoms with van der Waals surface area (Å²) in [6, 6.07) is 3.48. The maximum atomic E-state index is 10.9. The molecular weight excluding hydrogens is 154 g/mol.